The molecule has 50 heavy (non-hydrogen) atoms. The molecule has 12 N–H and O–H groups in total. The lowest BCUT2D eigenvalue weighted by atomic mass is 9.66. The van der Waals surface area contributed by atoms with Crippen LogP contribution in [0.4, 0.5) is 0 Å². The van der Waals surface area contributed by atoms with Gasteiger partial charge >= 0.3 is 5.97 Å². The van der Waals surface area contributed by atoms with Crippen molar-refractivity contribution in [1.29, 1.82) is 0 Å². The average molecular weight is 729 g/mol. The van der Waals surface area contributed by atoms with E-state index in [4.69, 9.17) is 9.84 Å². The third kappa shape index (κ3) is 23.5. The van der Waals surface area contributed by atoms with Gasteiger partial charge in [0.2, 0.25) is 0 Å². The van der Waals surface area contributed by atoms with Crippen LogP contribution in [0.3, 0.4) is 0 Å². The summed E-state index contributed by atoms with van der Waals surface area (Å²) < 4.78 is 5.25. The first-order valence-electron chi connectivity index (χ1n) is 18.9. The van der Waals surface area contributed by atoms with Gasteiger partial charge in [0, 0.05) is 0 Å². The zero-order valence-corrected chi connectivity index (χ0v) is 30.1. The van der Waals surface area contributed by atoms with Crippen molar-refractivity contribution < 1.29 is 70.8 Å². The molecule has 14 heteroatoms. The Labute approximate surface area is 298 Å². The van der Waals surface area contributed by atoms with Crippen LogP contribution in [-0.2, 0) is 9.53 Å². The van der Waals surface area contributed by atoms with Gasteiger partial charge in [-0.15, -0.1) is 0 Å². The van der Waals surface area contributed by atoms with E-state index in [-0.39, 0.29) is 32.3 Å². The van der Waals surface area contributed by atoms with Gasteiger partial charge in [-0.05, 0) is 49.9 Å². The SMILES string of the molecule is O=C(OCC(O)CO)C(CC(O)CO)C(CC(O)CO)C(CC(O)CO)C(CCCCCCCCCCCCCCC(O)CO)CC(O)CO. The van der Waals surface area contributed by atoms with Gasteiger partial charge < -0.3 is 66.0 Å². The number of rotatable bonds is 35. The van der Waals surface area contributed by atoms with E-state index >= 15 is 0 Å². The molecule has 10 unspecified atom stereocenters. The van der Waals surface area contributed by atoms with Crippen molar-refractivity contribution in [3.8, 4) is 0 Å². The molecule has 0 aromatic heterocycles. The van der Waals surface area contributed by atoms with Crippen LogP contribution < -0.4 is 0 Å². The lowest BCUT2D eigenvalue weighted by molar-refractivity contribution is -0.158. The number of aliphatic hydroxyl groups is 12. The molecule has 0 aromatic carbocycles. The molecule has 0 bridgehead atoms. The molecule has 0 radical (unpaired) electrons. The first kappa shape index (κ1) is 49.0. The summed E-state index contributed by atoms with van der Waals surface area (Å²) in [5, 5.41) is 118. The van der Waals surface area contributed by atoms with E-state index in [1.54, 1.807) is 0 Å². The largest absolute Gasteiger partial charge is 0.463 e. The highest BCUT2D eigenvalue weighted by molar-refractivity contribution is 5.73. The topological polar surface area (TPSA) is 269 Å². The van der Waals surface area contributed by atoms with E-state index in [9.17, 15) is 61.0 Å². The van der Waals surface area contributed by atoms with Gasteiger partial charge in [-0.3, -0.25) is 4.79 Å². The summed E-state index contributed by atoms with van der Waals surface area (Å²) >= 11 is 0. The Morgan fingerprint density at radius 2 is 0.760 bits per heavy atom. The maximum atomic E-state index is 13.4. The quantitative estimate of drug-likeness (QED) is 0.0306. The minimum atomic E-state index is -1.37. The number of unbranched alkanes of at least 4 members (excludes halogenated alkanes) is 11. The second-order valence-corrected chi connectivity index (χ2v) is 14.1. The molecule has 0 saturated carbocycles. The number of ether oxygens (including phenoxy) is 1. The molecule has 0 aromatic rings. The van der Waals surface area contributed by atoms with Crippen LogP contribution >= 0.6 is 0 Å². The van der Waals surface area contributed by atoms with Crippen LogP contribution in [0.15, 0.2) is 0 Å². The Kier molecular flexibility index (Phi) is 30.9. The summed E-state index contributed by atoms with van der Waals surface area (Å²) in [7, 11) is 0. The Morgan fingerprint density at radius 3 is 1.20 bits per heavy atom. The fourth-order valence-corrected chi connectivity index (χ4v) is 6.86. The van der Waals surface area contributed by atoms with Crippen molar-refractivity contribution in [1.82, 2.24) is 0 Å². The number of hydrogen-bond donors (Lipinski definition) is 12. The van der Waals surface area contributed by atoms with Gasteiger partial charge in [0.1, 0.15) is 12.7 Å². The van der Waals surface area contributed by atoms with Gasteiger partial charge in [0.25, 0.3) is 0 Å². The predicted octanol–water partition coefficient (Wildman–Crippen LogP) is 0.135. The number of carbonyl (C=O) groups excluding carboxylic acids is 1. The summed E-state index contributed by atoms with van der Waals surface area (Å²) in [5.41, 5.74) is 0. The Morgan fingerprint density at radius 1 is 0.400 bits per heavy atom. The highest BCUT2D eigenvalue weighted by Crippen LogP contribution is 2.41. The summed E-state index contributed by atoms with van der Waals surface area (Å²) in [5.74, 6) is -4.08. The third-order valence-electron chi connectivity index (χ3n) is 9.71. The molecule has 0 saturated heterocycles. The first-order valence-corrected chi connectivity index (χ1v) is 18.9. The van der Waals surface area contributed by atoms with Crippen LogP contribution in [0.1, 0.15) is 116 Å². The number of carbonyl (C=O) groups is 1. The average Bonchev–Trinajstić information content (AvgIpc) is 3.12. The van der Waals surface area contributed by atoms with Gasteiger partial charge in [0.05, 0.1) is 76.1 Å². The van der Waals surface area contributed by atoms with E-state index in [2.05, 4.69) is 0 Å². The molecule has 0 fully saturated rings. The molecular weight excluding hydrogens is 656 g/mol. The first-order chi connectivity index (χ1) is 24.0. The Balaban J connectivity index is 5.62. The molecule has 0 amide bonds. The molecule has 0 spiro atoms. The van der Waals surface area contributed by atoms with Crippen LogP contribution in [0.25, 0.3) is 0 Å². The van der Waals surface area contributed by atoms with Crippen LogP contribution in [0, 0.1) is 23.7 Å². The minimum Gasteiger partial charge on any atom is -0.463 e. The standard InChI is InChI=1S/C36H72O14/c37-19-27(43)14-12-10-8-6-4-2-1-3-5-7-9-11-13-26(15-28(44)20-38)33(16-29(45)21-39)34(17-30(46)22-40)35(18-31(47)23-41)36(49)50-25-32(48)24-42/h26-35,37-48H,1-25H2. The maximum Gasteiger partial charge on any atom is 0.309 e. The molecular formula is C36H72O14. The lowest BCUT2D eigenvalue weighted by Gasteiger charge is -2.40. The fourth-order valence-electron chi connectivity index (χ4n) is 6.86. The van der Waals surface area contributed by atoms with E-state index in [1.807, 2.05) is 0 Å². The second kappa shape index (κ2) is 31.5. The summed E-state index contributed by atoms with van der Waals surface area (Å²) in [6.07, 6.45) is 6.10. The molecule has 0 aliphatic heterocycles. The Bertz CT molecular complexity index is 777. The van der Waals surface area contributed by atoms with Gasteiger partial charge in [-0.1, -0.05) is 83.5 Å². The van der Waals surface area contributed by atoms with Gasteiger partial charge in [-0.25, -0.2) is 0 Å². The zero-order valence-electron chi connectivity index (χ0n) is 30.1. The van der Waals surface area contributed by atoms with Crippen LogP contribution in [0.5, 0.6) is 0 Å². The van der Waals surface area contributed by atoms with E-state index in [0.717, 1.165) is 77.0 Å². The number of hydrogen-bond acceptors (Lipinski definition) is 14. The third-order valence-corrected chi connectivity index (χ3v) is 9.71. The summed E-state index contributed by atoms with van der Waals surface area (Å²) in [6.45, 7) is -3.88. The van der Waals surface area contributed by atoms with Gasteiger partial charge in [0.15, 0.2) is 0 Å². The molecule has 0 aliphatic rings. The Hall–Kier alpha value is -1.01. The van der Waals surface area contributed by atoms with E-state index in [0.29, 0.717) is 12.8 Å². The molecule has 0 rings (SSSR count). The summed E-state index contributed by atoms with van der Waals surface area (Å²) in [4.78, 5) is 13.4. The summed E-state index contributed by atoms with van der Waals surface area (Å²) in [6, 6.07) is 0. The highest BCUT2D eigenvalue weighted by Gasteiger charge is 2.42. The molecule has 0 aliphatic carbocycles. The van der Waals surface area contributed by atoms with Crippen LogP contribution in [-0.4, -0.2) is 150 Å². The zero-order chi connectivity index (χ0) is 37.7. The molecule has 14 nitrogen and oxygen atoms in total. The van der Waals surface area contributed by atoms with Crippen molar-refractivity contribution in [3.05, 3.63) is 0 Å². The van der Waals surface area contributed by atoms with E-state index < -0.39 is 106 Å². The normalized spacial score (nSPS) is 18.1. The van der Waals surface area contributed by atoms with E-state index in [1.165, 1.54) is 0 Å². The van der Waals surface area contributed by atoms with Crippen molar-refractivity contribution >= 4 is 5.97 Å². The minimum absolute atomic E-state index is 0.0645. The lowest BCUT2D eigenvalue weighted by Crippen LogP contribution is -2.42. The van der Waals surface area contributed by atoms with Gasteiger partial charge in [-0.2, -0.15) is 0 Å². The fraction of sp³-hybridized carbons (Fsp3) is 0.972. The predicted molar refractivity (Wildman–Crippen MR) is 187 cm³/mol. The van der Waals surface area contributed by atoms with Crippen molar-refractivity contribution in [2.24, 2.45) is 23.7 Å². The second-order valence-electron chi connectivity index (χ2n) is 14.1. The van der Waals surface area contributed by atoms with Crippen molar-refractivity contribution in [2.45, 2.75) is 152 Å². The maximum absolute atomic E-state index is 13.4. The smallest absolute Gasteiger partial charge is 0.309 e. The van der Waals surface area contributed by atoms with Crippen molar-refractivity contribution in [3.63, 3.8) is 0 Å². The molecule has 10 atom stereocenters. The van der Waals surface area contributed by atoms with Crippen LogP contribution in [0.2, 0.25) is 0 Å². The number of esters is 1. The highest BCUT2D eigenvalue weighted by atomic mass is 16.5. The monoisotopic (exact) mass is 728 g/mol. The van der Waals surface area contributed by atoms with Crippen molar-refractivity contribution in [2.75, 3.05) is 46.2 Å². The molecule has 300 valence electrons. The molecule has 0 heterocycles. The number of aliphatic hydroxyl groups excluding tert-OH is 12.